The van der Waals surface area contributed by atoms with E-state index >= 15 is 0 Å². The van der Waals surface area contributed by atoms with Crippen molar-refractivity contribution in [2.45, 2.75) is 26.7 Å². The minimum absolute atomic E-state index is 0.337. The lowest BCUT2D eigenvalue weighted by atomic mass is 10.2. The predicted molar refractivity (Wildman–Crippen MR) is 110 cm³/mol. The van der Waals surface area contributed by atoms with Gasteiger partial charge in [-0.2, -0.15) is 4.98 Å². The summed E-state index contributed by atoms with van der Waals surface area (Å²) in [6.45, 7) is 13.1. The van der Waals surface area contributed by atoms with Crippen molar-refractivity contribution in [3.8, 4) is 0 Å². The van der Waals surface area contributed by atoms with Gasteiger partial charge in [-0.3, -0.25) is 0 Å². The van der Waals surface area contributed by atoms with Gasteiger partial charge < -0.3 is 19.4 Å². The largest absolute Gasteiger partial charge is 0.378 e. The molecule has 0 aromatic carbocycles. The first-order valence-corrected chi connectivity index (χ1v) is 10.1. The molecule has 0 unspecified atom stereocenters. The minimum atomic E-state index is 0.337. The van der Waals surface area contributed by atoms with Crippen molar-refractivity contribution >= 4 is 17.6 Å². The number of ether oxygens (including phenoxy) is 1. The number of aryl methyl sites for hydroxylation is 1. The number of hydrogen-bond donors (Lipinski definition) is 0. The summed E-state index contributed by atoms with van der Waals surface area (Å²) in [5.74, 6) is 4.09. The fraction of sp³-hybridized carbons (Fsp3) is 0.600. The lowest BCUT2D eigenvalue weighted by molar-refractivity contribution is 0.122. The molecule has 150 valence electrons. The Labute approximate surface area is 166 Å². The van der Waals surface area contributed by atoms with Crippen molar-refractivity contribution in [2.24, 2.45) is 0 Å². The molecule has 0 radical (unpaired) electrons. The molecule has 8 heteroatoms. The lowest BCUT2D eigenvalue weighted by Crippen LogP contribution is -2.47. The van der Waals surface area contributed by atoms with Crippen LogP contribution in [0, 0.1) is 6.92 Å². The van der Waals surface area contributed by atoms with E-state index in [-0.39, 0.29) is 0 Å². The molecule has 28 heavy (non-hydrogen) atoms. The number of morpholine rings is 1. The molecule has 2 aliphatic heterocycles. The van der Waals surface area contributed by atoms with E-state index in [1.54, 1.807) is 0 Å². The third kappa shape index (κ3) is 4.16. The van der Waals surface area contributed by atoms with Crippen LogP contribution in [0.4, 0.5) is 17.6 Å². The van der Waals surface area contributed by atoms with Gasteiger partial charge in [-0.05, 0) is 13.0 Å². The number of piperazine rings is 1. The maximum atomic E-state index is 5.45. The molecule has 4 heterocycles. The van der Waals surface area contributed by atoms with Gasteiger partial charge in [0, 0.05) is 63.1 Å². The van der Waals surface area contributed by atoms with Crippen LogP contribution in [-0.2, 0) is 4.74 Å². The number of nitrogens with zero attached hydrogens (tertiary/aromatic N) is 7. The number of rotatable bonds is 4. The average Bonchev–Trinajstić information content (AvgIpc) is 2.74. The van der Waals surface area contributed by atoms with Gasteiger partial charge in [-0.25, -0.2) is 15.0 Å². The first kappa shape index (κ1) is 18.9. The Hall–Kier alpha value is -2.48. The summed E-state index contributed by atoms with van der Waals surface area (Å²) < 4.78 is 5.45. The van der Waals surface area contributed by atoms with Gasteiger partial charge in [0.2, 0.25) is 5.95 Å². The Morgan fingerprint density at radius 3 is 2.21 bits per heavy atom. The van der Waals surface area contributed by atoms with Crippen LogP contribution in [-0.4, -0.2) is 72.4 Å². The van der Waals surface area contributed by atoms with Gasteiger partial charge in [0.1, 0.15) is 17.5 Å². The zero-order valence-corrected chi connectivity index (χ0v) is 17.0. The van der Waals surface area contributed by atoms with Gasteiger partial charge in [-0.15, -0.1) is 0 Å². The van der Waals surface area contributed by atoms with Gasteiger partial charge >= 0.3 is 0 Å². The zero-order valence-electron chi connectivity index (χ0n) is 17.0. The van der Waals surface area contributed by atoms with Crippen molar-refractivity contribution in [1.82, 2.24) is 19.9 Å². The lowest BCUT2D eigenvalue weighted by Gasteiger charge is -2.36. The van der Waals surface area contributed by atoms with Crippen molar-refractivity contribution in [1.29, 1.82) is 0 Å². The summed E-state index contributed by atoms with van der Waals surface area (Å²) >= 11 is 0. The van der Waals surface area contributed by atoms with Crippen molar-refractivity contribution in [3.63, 3.8) is 0 Å². The summed E-state index contributed by atoms with van der Waals surface area (Å²) in [7, 11) is 0. The predicted octanol–water partition coefficient (Wildman–Crippen LogP) is 1.86. The highest BCUT2D eigenvalue weighted by molar-refractivity contribution is 5.48. The van der Waals surface area contributed by atoms with Crippen molar-refractivity contribution in [3.05, 3.63) is 29.8 Å². The number of hydrogen-bond acceptors (Lipinski definition) is 8. The van der Waals surface area contributed by atoms with E-state index in [9.17, 15) is 0 Å². The van der Waals surface area contributed by atoms with E-state index in [4.69, 9.17) is 14.7 Å². The van der Waals surface area contributed by atoms with Crippen LogP contribution < -0.4 is 14.7 Å². The molecule has 0 amide bonds. The molecule has 0 N–H and O–H groups in total. The third-order valence-electron chi connectivity index (χ3n) is 5.23. The molecule has 0 aliphatic carbocycles. The molecule has 2 aromatic heterocycles. The second-order valence-electron chi connectivity index (χ2n) is 7.67. The third-order valence-corrected chi connectivity index (χ3v) is 5.23. The summed E-state index contributed by atoms with van der Waals surface area (Å²) in [5.41, 5.74) is 1.01. The molecule has 8 nitrogen and oxygen atoms in total. The Morgan fingerprint density at radius 2 is 1.54 bits per heavy atom. The first-order chi connectivity index (χ1) is 13.6. The fourth-order valence-electron chi connectivity index (χ4n) is 3.59. The van der Waals surface area contributed by atoms with E-state index in [0.29, 0.717) is 5.92 Å². The van der Waals surface area contributed by atoms with Crippen LogP contribution in [0.1, 0.15) is 31.3 Å². The Balaban J connectivity index is 1.45. The molecule has 0 spiro atoms. The molecule has 0 atom stereocenters. The highest BCUT2D eigenvalue weighted by atomic mass is 16.5. The standard InChI is InChI=1S/C20H29N7O/c1-15(2)19-21-5-4-17(23-19)25-6-8-26(9-7-25)18-14-16(3)22-20(24-18)27-10-12-28-13-11-27/h4-5,14-15H,6-13H2,1-3H3. The van der Waals surface area contributed by atoms with Crippen LogP contribution in [0.25, 0.3) is 0 Å². The van der Waals surface area contributed by atoms with Gasteiger partial charge in [0.05, 0.1) is 13.2 Å². The van der Waals surface area contributed by atoms with Crippen LogP contribution >= 0.6 is 0 Å². The molecular weight excluding hydrogens is 354 g/mol. The van der Waals surface area contributed by atoms with E-state index in [1.807, 2.05) is 19.2 Å². The van der Waals surface area contributed by atoms with Gasteiger partial charge in [-0.1, -0.05) is 13.8 Å². The maximum absolute atomic E-state index is 5.45. The maximum Gasteiger partial charge on any atom is 0.227 e. The second kappa shape index (κ2) is 8.26. The highest BCUT2D eigenvalue weighted by Crippen LogP contribution is 2.22. The Kier molecular flexibility index (Phi) is 5.57. The average molecular weight is 384 g/mol. The van der Waals surface area contributed by atoms with E-state index < -0.39 is 0 Å². The quantitative estimate of drug-likeness (QED) is 0.792. The number of aromatic nitrogens is 4. The molecule has 4 rings (SSSR count). The molecule has 0 bridgehead atoms. The van der Waals surface area contributed by atoms with Crippen molar-refractivity contribution < 1.29 is 4.74 Å². The normalized spacial score (nSPS) is 18.1. The summed E-state index contributed by atoms with van der Waals surface area (Å²) in [5, 5.41) is 0. The molecule has 2 aromatic rings. The molecule has 2 fully saturated rings. The molecule has 2 saturated heterocycles. The molecule has 2 aliphatic rings. The van der Waals surface area contributed by atoms with Crippen molar-refractivity contribution in [2.75, 3.05) is 67.2 Å². The SMILES string of the molecule is Cc1cc(N2CCN(c3ccnc(C(C)C)n3)CC2)nc(N2CCOCC2)n1. The van der Waals surface area contributed by atoms with E-state index in [0.717, 1.165) is 81.6 Å². The minimum Gasteiger partial charge on any atom is -0.378 e. The summed E-state index contributed by atoms with van der Waals surface area (Å²) in [4.78, 5) is 25.5. The van der Waals surface area contributed by atoms with Crippen LogP contribution in [0.3, 0.4) is 0 Å². The summed E-state index contributed by atoms with van der Waals surface area (Å²) in [6, 6.07) is 4.09. The molecular formula is C20H29N7O. The smallest absolute Gasteiger partial charge is 0.227 e. The van der Waals surface area contributed by atoms with Gasteiger partial charge in [0.15, 0.2) is 0 Å². The number of anilines is 3. The fourth-order valence-corrected chi connectivity index (χ4v) is 3.59. The molecule has 0 saturated carbocycles. The monoisotopic (exact) mass is 383 g/mol. The van der Waals surface area contributed by atoms with E-state index in [2.05, 4.69) is 44.6 Å². The van der Waals surface area contributed by atoms with Crippen LogP contribution in [0.15, 0.2) is 18.3 Å². The topological polar surface area (TPSA) is 70.5 Å². The van der Waals surface area contributed by atoms with Gasteiger partial charge in [0.25, 0.3) is 0 Å². The Bertz CT molecular complexity index is 799. The first-order valence-electron chi connectivity index (χ1n) is 10.1. The summed E-state index contributed by atoms with van der Waals surface area (Å²) in [6.07, 6.45) is 1.87. The zero-order chi connectivity index (χ0) is 19.5. The van der Waals surface area contributed by atoms with Crippen LogP contribution in [0.5, 0.6) is 0 Å². The highest BCUT2D eigenvalue weighted by Gasteiger charge is 2.22. The van der Waals surface area contributed by atoms with E-state index in [1.165, 1.54) is 0 Å². The van der Waals surface area contributed by atoms with Crippen LogP contribution in [0.2, 0.25) is 0 Å². The Morgan fingerprint density at radius 1 is 0.857 bits per heavy atom. The second-order valence-corrected chi connectivity index (χ2v) is 7.67.